The Morgan fingerprint density at radius 2 is 1.63 bits per heavy atom. The molecule has 4 rings (SSSR count). The third-order valence-electron chi connectivity index (χ3n) is 6.07. The van der Waals surface area contributed by atoms with Crippen molar-refractivity contribution in [3.05, 3.63) is 71.5 Å². The third-order valence-corrected chi connectivity index (χ3v) is 6.07. The number of carbonyl (C=O) groups excluding carboxylic acids is 1. The van der Waals surface area contributed by atoms with Gasteiger partial charge < -0.3 is 10.0 Å². The van der Waals surface area contributed by atoms with Gasteiger partial charge in [0.15, 0.2) is 0 Å². The van der Waals surface area contributed by atoms with Crippen LogP contribution in [0.1, 0.15) is 36.3 Å². The van der Waals surface area contributed by atoms with E-state index in [4.69, 9.17) is 0 Å². The lowest BCUT2D eigenvalue weighted by molar-refractivity contribution is -0.148. The van der Waals surface area contributed by atoms with Gasteiger partial charge in [0.1, 0.15) is 5.82 Å². The van der Waals surface area contributed by atoms with Crippen molar-refractivity contribution in [1.29, 1.82) is 0 Å². The van der Waals surface area contributed by atoms with Crippen LogP contribution in [0, 0.1) is 11.7 Å². The molecule has 2 aromatic carbocycles. The molecule has 140 valence electrons. The Labute approximate surface area is 157 Å². The fraction of sp³-hybridized carbons (Fsp3) is 0.364. The molecule has 1 saturated carbocycles. The zero-order chi connectivity index (χ0) is 19.0. The normalized spacial score (nSPS) is 23.7. The minimum Gasteiger partial charge on any atom is -0.481 e. The van der Waals surface area contributed by atoms with Gasteiger partial charge in [-0.2, -0.15) is 0 Å². The summed E-state index contributed by atoms with van der Waals surface area (Å²) < 4.78 is 13.1. The first-order valence-electron chi connectivity index (χ1n) is 9.34. The summed E-state index contributed by atoms with van der Waals surface area (Å²) in [4.78, 5) is 26.7. The third kappa shape index (κ3) is 3.22. The molecule has 0 bridgehead atoms. The zero-order valence-corrected chi connectivity index (χ0v) is 15.0. The Bertz CT molecular complexity index is 842. The number of hydrogen-bond acceptors (Lipinski definition) is 2. The van der Waals surface area contributed by atoms with Crippen molar-refractivity contribution in [3.8, 4) is 0 Å². The van der Waals surface area contributed by atoms with Crippen LogP contribution in [0.4, 0.5) is 4.39 Å². The molecule has 2 atom stereocenters. The number of carboxylic acid groups (broad SMARTS) is 1. The molecule has 1 aliphatic carbocycles. The van der Waals surface area contributed by atoms with Gasteiger partial charge >= 0.3 is 5.97 Å². The molecular formula is C22H22FNO3. The molecule has 1 amide bonds. The number of rotatable bonds is 4. The first-order chi connectivity index (χ1) is 13.0. The molecule has 2 aromatic rings. The van der Waals surface area contributed by atoms with E-state index in [2.05, 4.69) is 0 Å². The van der Waals surface area contributed by atoms with E-state index >= 15 is 0 Å². The lowest BCUT2D eigenvalue weighted by Gasteiger charge is -2.39. The molecule has 0 aromatic heterocycles. The van der Waals surface area contributed by atoms with Gasteiger partial charge in [-0.05, 0) is 48.4 Å². The summed E-state index contributed by atoms with van der Waals surface area (Å²) in [5.41, 5.74) is 0.883. The predicted octanol–water partition coefficient (Wildman–Crippen LogP) is 3.57. The molecule has 1 N–H and O–H groups in total. The number of nitrogens with zero attached hydrogens (tertiary/aromatic N) is 1. The molecule has 2 aliphatic rings. The van der Waals surface area contributed by atoms with Crippen LogP contribution in [-0.2, 0) is 15.0 Å². The minimum atomic E-state index is -0.919. The summed E-state index contributed by atoms with van der Waals surface area (Å²) in [6.45, 7) is 0.902. The number of carboxylic acids is 1. The summed E-state index contributed by atoms with van der Waals surface area (Å²) in [5.74, 6) is -0.917. The molecular weight excluding hydrogens is 345 g/mol. The average molecular weight is 367 g/mol. The summed E-state index contributed by atoms with van der Waals surface area (Å²) in [5, 5.41) is 9.87. The van der Waals surface area contributed by atoms with E-state index in [9.17, 15) is 19.1 Å². The molecule has 0 spiro atoms. The Balaban J connectivity index is 1.42. The van der Waals surface area contributed by atoms with E-state index in [1.165, 1.54) is 12.1 Å². The van der Waals surface area contributed by atoms with Crippen molar-refractivity contribution in [2.75, 3.05) is 13.1 Å². The maximum Gasteiger partial charge on any atom is 0.314 e. The van der Waals surface area contributed by atoms with Crippen molar-refractivity contribution < 1.29 is 19.1 Å². The van der Waals surface area contributed by atoms with Gasteiger partial charge in [-0.3, -0.25) is 9.59 Å². The van der Waals surface area contributed by atoms with E-state index in [1.54, 1.807) is 17.0 Å². The molecule has 0 unspecified atom stereocenters. The highest BCUT2D eigenvalue weighted by Crippen LogP contribution is 2.49. The number of hydrogen-bond donors (Lipinski definition) is 1. The minimum absolute atomic E-state index is 0.0653. The molecule has 4 nitrogen and oxygen atoms in total. The summed E-state index contributed by atoms with van der Waals surface area (Å²) in [6, 6.07) is 15.6. The van der Waals surface area contributed by atoms with Crippen LogP contribution in [-0.4, -0.2) is 35.0 Å². The van der Waals surface area contributed by atoms with E-state index in [0.29, 0.717) is 25.9 Å². The summed E-state index contributed by atoms with van der Waals surface area (Å²) in [7, 11) is 0. The van der Waals surface area contributed by atoms with Crippen LogP contribution in [0.25, 0.3) is 0 Å². The van der Waals surface area contributed by atoms with Crippen molar-refractivity contribution in [2.45, 2.75) is 30.6 Å². The largest absolute Gasteiger partial charge is 0.481 e. The van der Waals surface area contributed by atoms with Crippen LogP contribution in [0.2, 0.25) is 0 Å². The number of halogens is 1. The van der Waals surface area contributed by atoms with Gasteiger partial charge in [-0.15, -0.1) is 0 Å². The quantitative estimate of drug-likeness (QED) is 0.899. The predicted molar refractivity (Wildman–Crippen MR) is 98.8 cm³/mol. The molecule has 1 heterocycles. The van der Waals surface area contributed by atoms with Crippen LogP contribution in [0.3, 0.4) is 0 Å². The summed E-state index contributed by atoms with van der Waals surface area (Å²) >= 11 is 0. The number of carbonyl (C=O) groups is 2. The number of aliphatic carboxylic acids is 1. The average Bonchev–Trinajstić information content (AvgIpc) is 3.49. The van der Waals surface area contributed by atoms with E-state index in [1.807, 2.05) is 30.3 Å². The van der Waals surface area contributed by atoms with E-state index in [0.717, 1.165) is 17.5 Å². The highest BCUT2D eigenvalue weighted by molar-refractivity contribution is 5.85. The second kappa shape index (κ2) is 6.80. The van der Waals surface area contributed by atoms with Gasteiger partial charge in [0, 0.05) is 19.0 Å². The van der Waals surface area contributed by atoms with Crippen LogP contribution in [0.15, 0.2) is 54.6 Å². The lowest BCUT2D eigenvalue weighted by Crippen LogP contribution is -2.49. The van der Waals surface area contributed by atoms with Gasteiger partial charge in [0.25, 0.3) is 0 Å². The van der Waals surface area contributed by atoms with Gasteiger partial charge in [0.2, 0.25) is 5.91 Å². The molecule has 5 heteroatoms. The number of piperidine rings is 1. The van der Waals surface area contributed by atoms with Crippen LogP contribution >= 0.6 is 0 Å². The fourth-order valence-electron chi connectivity index (χ4n) is 4.27. The first kappa shape index (κ1) is 17.7. The van der Waals surface area contributed by atoms with E-state index in [-0.39, 0.29) is 23.6 Å². The zero-order valence-electron chi connectivity index (χ0n) is 15.0. The molecule has 2 fully saturated rings. The smallest absolute Gasteiger partial charge is 0.314 e. The van der Waals surface area contributed by atoms with Crippen molar-refractivity contribution in [3.63, 3.8) is 0 Å². The molecule has 1 saturated heterocycles. The first-order valence-corrected chi connectivity index (χ1v) is 9.34. The van der Waals surface area contributed by atoms with Crippen molar-refractivity contribution >= 4 is 11.9 Å². The highest BCUT2D eigenvalue weighted by atomic mass is 19.1. The number of likely N-dealkylation sites (tertiary alicyclic amines) is 1. The maximum atomic E-state index is 13.1. The molecule has 0 radical (unpaired) electrons. The fourth-order valence-corrected chi connectivity index (χ4v) is 4.27. The van der Waals surface area contributed by atoms with E-state index < -0.39 is 11.4 Å². The summed E-state index contributed by atoms with van der Waals surface area (Å²) in [6.07, 6.45) is 1.63. The standard InChI is InChI=1S/C22H22FNO3/c23-17-8-6-15(7-9-17)18-14-19(18)20(25)24-12-10-22(11-13-24,21(26)27)16-4-2-1-3-5-16/h1-9,18-19H,10-14H2,(H,26,27)/t18-,19-/m0/s1. The van der Waals surface area contributed by atoms with Crippen LogP contribution < -0.4 is 0 Å². The van der Waals surface area contributed by atoms with Gasteiger partial charge in [-0.25, -0.2) is 4.39 Å². The van der Waals surface area contributed by atoms with Gasteiger partial charge in [-0.1, -0.05) is 42.5 Å². The monoisotopic (exact) mass is 367 g/mol. The number of amides is 1. The molecule has 27 heavy (non-hydrogen) atoms. The Morgan fingerprint density at radius 3 is 2.22 bits per heavy atom. The molecule has 1 aliphatic heterocycles. The Morgan fingerprint density at radius 1 is 1.00 bits per heavy atom. The second-order valence-electron chi connectivity index (χ2n) is 7.58. The Kier molecular flexibility index (Phi) is 4.46. The maximum absolute atomic E-state index is 13.1. The SMILES string of the molecule is O=C([C@H]1C[C@H]1c1ccc(F)cc1)N1CCC(C(=O)O)(c2ccccc2)CC1. The second-order valence-corrected chi connectivity index (χ2v) is 7.58. The lowest BCUT2D eigenvalue weighted by atomic mass is 9.73. The topological polar surface area (TPSA) is 57.6 Å². The number of benzene rings is 2. The highest BCUT2D eigenvalue weighted by Gasteiger charge is 2.49. The van der Waals surface area contributed by atoms with Crippen molar-refractivity contribution in [1.82, 2.24) is 4.90 Å². The van der Waals surface area contributed by atoms with Crippen molar-refractivity contribution in [2.24, 2.45) is 5.92 Å². The Hall–Kier alpha value is -2.69. The van der Waals surface area contributed by atoms with Crippen LogP contribution in [0.5, 0.6) is 0 Å². The van der Waals surface area contributed by atoms with Gasteiger partial charge in [0.05, 0.1) is 5.41 Å².